The molecule has 3 nitrogen and oxygen atoms in total. The minimum atomic E-state index is 0.861. The van der Waals surface area contributed by atoms with Gasteiger partial charge in [0.05, 0.1) is 0 Å². The molecular formula is C18H25N3. The first kappa shape index (κ1) is 15.5. The smallest absolute Gasteiger partial charge is 0.137 e. The summed E-state index contributed by atoms with van der Waals surface area (Å²) in [5, 5.41) is 3.47. The van der Waals surface area contributed by atoms with Crippen molar-refractivity contribution >= 4 is 11.5 Å². The molecule has 0 bridgehead atoms. The van der Waals surface area contributed by atoms with E-state index < -0.39 is 0 Å². The van der Waals surface area contributed by atoms with Gasteiger partial charge in [-0.3, -0.25) is 0 Å². The predicted octanol–water partition coefficient (Wildman–Crippen LogP) is 4.05. The Morgan fingerprint density at radius 2 is 1.90 bits per heavy atom. The fraction of sp³-hybridized carbons (Fsp3) is 0.389. The molecule has 0 aliphatic carbocycles. The van der Waals surface area contributed by atoms with E-state index in [0.29, 0.717) is 0 Å². The van der Waals surface area contributed by atoms with Gasteiger partial charge < -0.3 is 10.2 Å². The van der Waals surface area contributed by atoms with Crippen LogP contribution < -0.4 is 10.2 Å². The molecule has 2 aromatic rings. The lowest BCUT2D eigenvalue weighted by atomic mass is 10.1. The molecule has 0 fully saturated rings. The summed E-state index contributed by atoms with van der Waals surface area (Å²) < 4.78 is 0. The molecule has 0 atom stereocenters. The van der Waals surface area contributed by atoms with Gasteiger partial charge in [-0.2, -0.15) is 0 Å². The number of para-hydroxylation sites is 1. The van der Waals surface area contributed by atoms with Gasteiger partial charge in [0.15, 0.2) is 0 Å². The van der Waals surface area contributed by atoms with Crippen molar-refractivity contribution in [2.24, 2.45) is 0 Å². The normalized spacial score (nSPS) is 10.6. The molecule has 2 rings (SSSR count). The number of hydrogen-bond acceptors (Lipinski definition) is 3. The van der Waals surface area contributed by atoms with Gasteiger partial charge in [-0.05, 0) is 44.5 Å². The van der Waals surface area contributed by atoms with Crippen LogP contribution in [0.2, 0.25) is 0 Å². The van der Waals surface area contributed by atoms with E-state index in [1.165, 1.54) is 16.8 Å². The van der Waals surface area contributed by atoms with Gasteiger partial charge in [0.25, 0.3) is 0 Å². The molecule has 0 radical (unpaired) electrons. The molecule has 1 N–H and O–H groups in total. The lowest BCUT2D eigenvalue weighted by Gasteiger charge is -2.26. The quantitative estimate of drug-likeness (QED) is 0.777. The monoisotopic (exact) mass is 283 g/mol. The highest BCUT2D eigenvalue weighted by Crippen LogP contribution is 2.28. The van der Waals surface area contributed by atoms with E-state index in [1.54, 1.807) is 0 Å². The van der Waals surface area contributed by atoms with Gasteiger partial charge in [0, 0.05) is 30.5 Å². The lowest BCUT2D eigenvalue weighted by molar-refractivity contribution is 0.673. The van der Waals surface area contributed by atoms with Crippen LogP contribution in [0.25, 0.3) is 0 Å². The number of hydrogen-bond donors (Lipinski definition) is 1. The number of benzene rings is 1. The second kappa shape index (κ2) is 7.79. The third-order valence-electron chi connectivity index (χ3n) is 3.59. The Kier molecular flexibility index (Phi) is 5.76. The van der Waals surface area contributed by atoms with Gasteiger partial charge >= 0.3 is 0 Å². The molecule has 0 saturated heterocycles. The summed E-state index contributed by atoms with van der Waals surface area (Å²) >= 11 is 0. The van der Waals surface area contributed by atoms with Gasteiger partial charge in [-0.15, -0.1) is 0 Å². The Bertz CT molecular complexity index is 566. The highest BCUT2D eigenvalue weighted by Gasteiger charge is 2.14. The van der Waals surface area contributed by atoms with Crippen molar-refractivity contribution in [3.8, 4) is 0 Å². The van der Waals surface area contributed by atoms with Crippen molar-refractivity contribution in [3.05, 3.63) is 53.7 Å². The topological polar surface area (TPSA) is 28.2 Å². The summed E-state index contributed by atoms with van der Waals surface area (Å²) in [6.07, 6.45) is 3.02. The first-order valence-corrected chi connectivity index (χ1v) is 7.75. The fourth-order valence-corrected chi connectivity index (χ4v) is 2.51. The zero-order valence-electron chi connectivity index (χ0n) is 13.3. The van der Waals surface area contributed by atoms with Crippen molar-refractivity contribution in [1.82, 2.24) is 10.3 Å². The number of nitrogens with one attached hydrogen (secondary N) is 1. The number of aromatic nitrogens is 1. The van der Waals surface area contributed by atoms with Gasteiger partial charge in [0.1, 0.15) is 5.82 Å². The van der Waals surface area contributed by atoms with Gasteiger partial charge in [-0.25, -0.2) is 4.98 Å². The zero-order chi connectivity index (χ0) is 15.1. The summed E-state index contributed by atoms with van der Waals surface area (Å²) in [5.74, 6) is 1.05. The highest BCUT2D eigenvalue weighted by molar-refractivity contribution is 5.65. The fourth-order valence-electron chi connectivity index (χ4n) is 2.51. The minimum absolute atomic E-state index is 0.861. The predicted molar refractivity (Wildman–Crippen MR) is 90.1 cm³/mol. The summed E-state index contributed by atoms with van der Waals surface area (Å²) in [6.45, 7) is 9.30. The SMILES string of the molecule is CCCNCc1cccnc1N(CC)c1ccccc1C. The first-order valence-electron chi connectivity index (χ1n) is 7.75. The molecule has 0 saturated carbocycles. The number of anilines is 2. The number of pyridine rings is 1. The first-order chi connectivity index (χ1) is 10.3. The second-order valence-corrected chi connectivity index (χ2v) is 5.19. The Morgan fingerprint density at radius 3 is 2.62 bits per heavy atom. The maximum atomic E-state index is 4.63. The van der Waals surface area contributed by atoms with Crippen molar-refractivity contribution < 1.29 is 0 Å². The molecule has 1 heterocycles. The Hall–Kier alpha value is -1.87. The Balaban J connectivity index is 2.32. The van der Waals surface area contributed by atoms with Crippen molar-refractivity contribution in [2.75, 3.05) is 18.0 Å². The van der Waals surface area contributed by atoms with Crippen molar-refractivity contribution in [1.29, 1.82) is 0 Å². The van der Waals surface area contributed by atoms with Crippen LogP contribution in [0.5, 0.6) is 0 Å². The van der Waals surface area contributed by atoms with Crippen LogP contribution in [0.1, 0.15) is 31.4 Å². The van der Waals surface area contributed by atoms with Crippen LogP contribution in [0.3, 0.4) is 0 Å². The average Bonchev–Trinajstić information content (AvgIpc) is 2.51. The second-order valence-electron chi connectivity index (χ2n) is 5.19. The molecule has 3 heteroatoms. The van der Waals surface area contributed by atoms with E-state index in [9.17, 15) is 0 Å². The van der Waals surface area contributed by atoms with Crippen LogP contribution in [0.15, 0.2) is 42.6 Å². The van der Waals surface area contributed by atoms with Crippen LogP contribution in [0, 0.1) is 6.92 Å². The molecule has 21 heavy (non-hydrogen) atoms. The molecule has 0 aliphatic heterocycles. The van der Waals surface area contributed by atoms with Crippen LogP contribution >= 0.6 is 0 Å². The molecular weight excluding hydrogens is 258 g/mol. The highest BCUT2D eigenvalue weighted by atomic mass is 15.2. The number of nitrogens with zero attached hydrogens (tertiary/aromatic N) is 2. The molecule has 0 unspecified atom stereocenters. The van der Waals surface area contributed by atoms with E-state index >= 15 is 0 Å². The van der Waals surface area contributed by atoms with E-state index in [4.69, 9.17) is 0 Å². The minimum Gasteiger partial charge on any atom is -0.326 e. The molecule has 112 valence electrons. The molecule has 0 amide bonds. The molecule has 1 aromatic heterocycles. The summed E-state index contributed by atoms with van der Waals surface area (Å²) in [6, 6.07) is 12.6. The average molecular weight is 283 g/mol. The summed E-state index contributed by atoms with van der Waals surface area (Å²) in [5.41, 5.74) is 3.75. The third-order valence-corrected chi connectivity index (χ3v) is 3.59. The van der Waals surface area contributed by atoms with E-state index in [1.807, 2.05) is 12.3 Å². The zero-order valence-corrected chi connectivity index (χ0v) is 13.3. The number of aryl methyl sites for hydroxylation is 1. The number of rotatable bonds is 7. The molecule has 0 aliphatic rings. The standard InChI is InChI=1S/C18H25N3/c1-4-12-19-14-16-10-8-13-20-18(16)21(5-2)17-11-7-6-9-15(17)3/h6-11,13,19H,4-5,12,14H2,1-3H3. The molecule has 1 aromatic carbocycles. The maximum absolute atomic E-state index is 4.63. The largest absolute Gasteiger partial charge is 0.326 e. The van der Waals surface area contributed by atoms with Gasteiger partial charge in [-0.1, -0.05) is 31.2 Å². The van der Waals surface area contributed by atoms with E-state index in [2.05, 4.69) is 66.3 Å². The lowest BCUT2D eigenvalue weighted by Crippen LogP contribution is -2.22. The Morgan fingerprint density at radius 1 is 1.10 bits per heavy atom. The molecule has 0 spiro atoms. The van der Waals surface area contributed by atoms with E-state index in [0.717, 1.165) is 31.9 Å². The van der Waals surface area contributed by atoms with Gasteiger partial charge in [0.2, 0.25) is 0 Å². The summed E-state index contributed by atoms with van der Waals surface area (Å²) in [4.78, 5) is 6.92. The van der Waals surface area contributed by atoms with Crippen LogP contribution in [-0.2, 0) is 6.54 Å². The van der Waals surface area contributed by atoms with Crippen LogP contribution in [0.4, 0.5) is 11.5 Å². The summed E-state index contributed by atoms with van der Waals surface area (Å²) in [7, 11) is 0. The third kappa shape index (κ3) is 3.82. The van der Waals surface area contributed by atoms with Crippen LogP contribution in [-0.4, -0.2) is 18.1 Å². The van der Waals surface area contributed by atoms with Crippen molar-refractivity contribution in [3.63, 3.8) is 0 Å². The van der Waals surface area contributed by atoms with Crippen molar-refractivity contribution in [2.45, 2.75) is 33.7 Å². The van der Waals surface area contributed by atoms with E-state index in [-0.39, 0.29) is 0 Å². The Labute approximate surface area is 128 Å². The maximum Gasteiger partial charge on any atom is 0.137 e.